The number of rotatable bonds is 8. The lowest BCUT2D eigenvalue weighted by atomic mass is 10.1. The standard InChI is InChI=1S/C16H28ClN3/c1-6-7-13(4)20(5)16-15(17)8-14(11-19-16)10-18-9-12(2)3/h8,11-13,18H,6-7,9-10H2,1-5H3. The van der Waals surface area contributed by atoms with Crippen LogP contribution in [0.15, 0.2) is 12.3 Å². The molecule has 0 spiro atoms. The normalized spacial score (nSPS) is 12.8. The molecule has 1 unspecified atom stereocenters. The molecule has 1 N–H and O–H groups in total. The number of pyridine rings is 1. The largest absolute Gasteiger partial charge is 0.356 e. The van der Waals surface area contributed by atoms with Crippen molar-refractivity contribution in [2.24, 2.45) is 5.92 Å². The van der Waals surface area contributed by atoms with Gasteiger partial charge in [-0.15, -0.1) is 0 Å². The summed E-state index contributed by atoms with van der Waals surface area (Å²) in [6.45, 7) is 10.6. The molecule has 4 heteroatoms. The molecule has 1 aromatic rings. The van der Waals surface area contributed by atoms with Gasteiger partial charge in [-0.25, -0.2) is 4.98 Å². The number of aromatic nitrogens is 1. The van der Waals surface area contributed by atoms with E-state index in [4.69, 9.17) is 11.6 Å². The van der Waals surface area contributed by atoms with Crippen molar-refractivity contribution in [3.05, 3.63) is 22.8 Å². The van der Waals surface area contributed by atoms with Crippen LogP contribution in [0, 0.1) is 5.92 Å². The molecule has 0 bridgehead atoms. The van der Waals surface area contributed by atoms with Crippen LogP contribution in [0.4, 0.5) is 5.82 Å². The van der Waals surface area contributed by atoms with Gasteiger partial charge in [-0.05, 0) is 37.4 Å². The van der Waals surface area contributed by atoms with Gasteiger partial charge >= 0.3 is 0 Å². The quantitative estimate of drug-likeness (QED) is 0.783. The first-order valence-corrected chi connectivity index (χ1v) is 7.91. The molecular weight excluding hydrogens is 270 g/mol. The second-order valence-electron chi connectivity index (χ2n) is 5.92. The monoisotopic (exact) mass is 297 g/mol. The Hall–Kier alpha value is -0.800. The van der Waals surface area contributed by atoms with E-state index in [-0.39, 0.29) is 0 Å². The molecule has 0 radical (unpaired) electrons. The van der Waals surface area contributed by atoms with E-state index in [1.165, 1.54) is 6.42 Å². The third-order valence-corrected chi connectivity index (χ3v) is 3.74. The molecule has 3 nitrogen and oxygen atoms in total. The van der Waals surface area contributed by atoms with Gasteiger partial charge in [0, 0.05) is 25.8 Å². The van der Waals surface area contributed by atoms with Crippen LogP contribution in [0.5, 0.6) is 0 Å². The lowest BCUT2D eigenvalue weighted by molar-refractivity contribution is 0.551. The Balaban J connectivity index is 2.67. The Bertz CT molecular complexity index is 407. The van der Waals surface area contributed by atoms with E-state index in [0.29, 0.717) is 12.0 Å². The fourth-order valence-corrected chi connectivity index (χ4v) is 2.47. The minimum absolute atomic E-state index is 0.454. The van der Waals surface area contributed by atoms with Crippen molar-refractivity contribution >= 4 is 17.4 Å². The smallest absolute Gasteiger partial charge is 0.147 e. The van der Waals surface area contributed by atoms with Crippen LogP contribution in [0.3, 0.4) is 0 Å². The highest BCUT2D eigenvalue weighted by molar-refractivity contribution is 6.33. The van der Waals surface area contributed by atoms with Crippen LogP contribution in [0.1, 0.15) is 46.1 Å². The van der Waals surface area contributed by atoms with Gasteiger partial charge in [-0.2, -0.15) is 0 Å². The van der Waals surface area contributed by atoms with Crippen LogP contribution in [0.2, 0.25) is 5.02 Å². The van der Waals surface area contributed by atoms with Crippen molar-refractivity contribution in [3.8, 4) is 0 Å². The number of nitrogens with zero attached hydrogens (tertiary/aromatic N) is 2. The van der Waals surface area contributed by atoms with Gasteiger partial charge < -0.3 is 10.2 Å². The van der Waals surface area contributed by atoms with Crippen molar-refractivity contribution in [1.82, 2.24) is 10.3 Å². The third kappa shape index (κ3) is 5.29. The second-order valence-corrected chi connectivity index (χ2v) is 6.33. The fraction of sp³-hybridized carbons (Fsp3) is 0.688. The molecule has 114 valence electrons. The van der Waals surface area contributed by atoms with Crippen molar-refractivity contribution in [3.63, 3.8) is 0 Å². The van der Waals surface area contributed by atoms with E-state index < -0.39 is 0 Å². The lowest BCUT2D eigenvalue weighted by Crippen LogP contribution is -2.29. The molecule has 1 heterocycles. The van der Waals surface area contributed by atoms with E-state index in [0.717, 1.165) is 35.9 Å². The highest BCUT2D eigenvalue weighted by Crippen LogP contribution is 2.25. The average molecular weight is 298 g/mol. The lowest BCUT2D eigenvalue weighted by Gasteiger charge is -2.26. The molecule has 0 fully saturated rings. The predicted octanol–water partition coefficient (Wildman–Crippen LogP) is 4.11. The van der Waals surface area contributed by atoms with Crippen molar-refractivity contribution in [2.75, 3.05) is 18.5 Å². The van der Waals surface area contributed by atoms with Gasteiger partial charge in [0.15, 0.2) is 0 Å². The minimum Gasteiger partial charge on any atom is -0.356 e. The van der Waals surface area contributed by atoms with Crippen molar-refractivity contribution < 1.29 is 0 Å². The van der Waals surface area contributed by atoms with E-state index in [2.05, 4.69) is 49.9 Å². The first-order valence-electron chi connectivity index (χ1n) is 7.53. The summed E-state index contributed by atoms with van der Waals surface area (Å²) in [4.78, 5) is 6.70. The first kappa shape index (κ1) is 17.3. The summed E-state index contributed by atoms with van der Waals surface area (Å²) in [5, 5.41) is 4.14. The van der Waals surface area contributed by atoms with Gasteiger partial charge in [-0.1, -0.05) is 38.8 Å². The molecule has 0 aliphatic carbocycles. The van der Waals surface area contributed by atoms with Gasteiger partial charge in [0.25, 0.3) is 0 Å². The molecule has 1 rings (SSSR count). The Morgan fingerprint density at radius 2 is 2.05 bits per heavy atom. The molecule has 0 saturated carbocycles. The van der Waals surface area contributed by atoms with E-state index in [1.54, 1.807) is 0 Å². The van der Waals surface area contributed by atoms with Gasteiger partial charge in [0.2, 0.25) is 0 Å². The Morgan fingerprint density at radius 3 is 2.60 bits per heavy atom. The van der Waals surface area contributed by atoms with Crippen LogP contribution >= 0.6 is 11.6 Å². The molecule has 0 aliphatic rings. The highest BCUT2D eigenvalue weighted by atomic mass is 35.5. The van der Waals surface area contributed by atoms with Crippen molar-refractivity contribution in [2.45, 2.75) is 53.1 Å². The number of halogens is 1. The number of anilines is 1. The molecular formula is C16H28ClN3. The highest BCUT2D eigenvalue weighted by Gasteiger charge is 2.14. The van der Waals surface area contributed by atoms with Crippen LogP contribution in [-0.4, -0.2) is 24.6 Å². The van der Waals surface area contributed by atoms with Gasteiger partial charge in [-0.3, -0.25) is 0 Å². The zero-order valence-corrected chi connectivity index (χ0v) is 14.2. The van der Waals surface area contributed by atoms with Crippen molar-refractivity contribution in [1.29, 1.82) is 0 Å². The topological polar surface area (TPSA) is 28.2 Å². The summed E-state index contributed by atoms with van der Waals surface area (Å²) in [7, 11) is 2.06. The molecule has 20 heavy (non-hydrogen) atoms. The maximum Gasteiger partial charge on any atom is 0.147 e. The maximum atomic E-state index is 6.38. The molecule has 0 aliphatic heterocycles. The number of hydrogen-bond acceptors (Lipinski definition) is 3. The Kier molecular flexibility index (Phi) is 7.31. The molecule has 0 amide bonds. The zero-order valence-electron chi connectivity index (χ0n) is 13.4. The number of hydrogen-bond donors (Lipinski definition) is 1. The van der Waals surface area contributed by atoms with Crippen LogP contribution in [0.25, 0.3) is 0 Å². The molecule has 0 saturated heterocycles. The minimum atomic E-state index is 0.454. The summed E-state index contributed by atoms with van der Waals surface area (Å²) in [6, 6.07) is 2.47. The summed E-state index contributed by atoms with van der Waals surface area (Å²) >= 11 is 6.38. The van der Waals surface area contributed by atoms with E-state index in [1.807, 2.05) is 12.3 Å². The summed E-state index contributed by atoms with van der Waals surface area (Å²) < 4.78 is 0. The molecule has 1 aromatic heterocycles. The Morgan fingerprint density at radius 1 is 1.35 bits per heavy atom. The summed E-state index contributed by atoms with van der Waals surface area (Å²) in [6.07, 6.45) is 4.23. The zero-order chi connectivity index (χ0) is 15.1. The van der Waals surface area contributed by atoms with Gasteiger partial charge in [0.1, 0.15) is 5.82 Å². The van der Waals surface area contributed by atoms with E-state index in [9.17, 15) is 0 Å². The third-order valence-electron chi connectivity index (χ3n) is 3.46. The van der Waals surface area contributed by atoms with E-state index >= 15 is 0 Å². The fourth-order valence-electron chi connectivity index (χ4n) is 2.15. The summed E-state index contributed by atoms with van der Waals surface area (Å²) in [5.74, 6) is 1.53. The predicted molar refractivity (Wildman–Crippen MR) is 88.6 cm³/mol. The summed E-state index contributed by atoms with van der Waals surface area (Å²) in [5.41, 5.74) is 1.14. The van der Waals surface area contributed by atoms with Gasteiger partial charge in [0.05, 0.1) is 5.02 Å². The molecule has 1 atom stereocenters. The van der Waals surface area contributed by atoms with Crippen LogP contribution in [-0.2, 0) is 6.54 Å². The first-order chi connectivity index (χ1) is 9.45. The number of nitrogens with one attached hydrogen (secondary N) is 1. The average Bonchev–Trinajstić information content (AvgIpc) is 2.38. The van der Waals surface area contributed by atoms with Crippen LogP contribution < -0.4 is 10.2 Å². The second kappa shape index (κ2) is 8.48. The maximum absolute atomic E-state index is 6.38. The SMILES string of the molecule is CCCC(C)N(C)c1ncc(CNCC(C)C)cc1Cl. The molecule has 0 aromatic carbocycles. The Labute approximate surface area is 128 Å².